The molecule has 3 atom stereocenters. The first-order valence-electron chi connectivity index (χ1n) is 13.6. The minimum Gasteiger partial charge on any atom is -0.465 e. The SMILES string of the molecule is CCCCCOC(=O)OC(C(=O)C(=O)OC(C)CC)(C(=O)C(=O)OC(C)(C)C)C(C(=O)OCCCC)C(C)C. The minimum absolute atomic E-state index is 0.0672. The molecule has 0 aliphatic carbocycles. The van der Waals surface area contributed by atoms with Gasteiger partial charge in [-0.3, -0.25) is 14.4 Å². The van der Waals surface area contributed by atoms with Gasteiger partial charge in [-0.2, -0.15) is 0 Å². The van der Waals surface area contributed by atoms with Gasteiger partial charge < -0.3 is 23.7 Å². The molecule has 0 N–H and O–H groups in total. The zero-order valence-corrected chi connectivity index (χ0v) is 24.9. The number of carbonyl (C=O) groups excluding carboxylic acids is 6. The van der Waals surface area contributed by atoms with Gasteiger partial charge >= 0.3 is 24.1 Å². The topological polar surface area (TPSA) is 149 Å². The van der Waals surface area contributed by atoms with Crippen LogP contribution in [0.2, 0.25) is 0 Å². The minimum atomic E-state index is -3.29. The first-order chi connectivity index (χ1) is 18.1. The van der Waals surface area contributed by atoms with E-state index in [2.05, 4.69) is 0 Å². The summed E-state index contributed by atoms with van der Waals surface area (Å²) < 4.78 is 25.9. The first-order valence-corrected chi connectivity index (χ1v) is 13.6. The van der Waals surface area contributed by atoms with E-state index in [0.29, 0.717) is 32.1 Å². The Labute approximate surface area is 231 Å². The van der Waals surface area contributed by atoms with Gasteiger partial charge in [-0.15, -0.1) is 0 Å². The molecule has 39 heavy (non-hydrogen) atoms. The van der Waals surface area contributed by atoms with Crippen LogP contribution >= 0.6 is 0 Å². The van der Waals surface area contributed by atoms with Crippen molar-refractivity contribution >= 4 is 35.6 Å². The van der Waals surface area contributed by atoms with Crippen LogP contribution in [0, 0.1) is 11.8 Å². The molecule has 0 aliphatic heterocycles. The van der Waals surface area contributed by atoms with E-state index in [1.165, 1.54) is 41.5 Å². The summed E-state index contributed by atoms with van der Waals surface area (Å²) in [5.41, 5.74) is -4.49. The predicted octanol–water partition coefficient (Wildman–Crippen LogP) is 4.51. The third-order valence-corrected chi connectivity index (χ3v) is 5.64. The Morgan fingerprint density at radius 1 is 0.692 bits per heavy atom. The summed E-state index contributed by atoms with van der Waals surface area (Å²) in [6.07, 6.45) is 1.17. The van der Waals surface area contributed by atoms with Crippen molar-refractivity contribution in [3.63, 3.8) is 0 Å². The Morgan fingerprint density at radius 2 is 1.23 bits per heavy atom. The maximum Gasteiger partial charge on any atom is 0.509 e. The number of ether oxygens (including phenoxy) is 5. The Hall–Kier alpha value is -2.98. The molecule has 0 amide bonds. The lowest BCUT2D eigenvalue weighted by Crippen LogP contribution is -2.64. The summed E-state index contributed by atoms with van der Waals surface area (Å²) in [6.45, 7) is 14.1. The molecule has 0 radical (unpaired) electrons. The van der Waals surface area contributed by atoms with E-state index in [0.717, 1.165) is 6.42 Å². The second-order valence-electron chi connectivity index (χ2n) is 10.7. The second-order valence-corrected chi connectivity index (χ2v) is 10.7. The Bertz CT molecular complexity index is 856. The lowest BCUT2D eigenvalue weighted by molar-refractivity contribution is -0.189. The van der Waals surface area contributed by atoms with Crippen LogP contribution in [0.4, 0.5) is 4.79 Å². The fourth-order valence-corrected chi connectivity index (χ4v) is 3.47. The zero-order chi connectivity index (χ0) is 30.4. The lowest BCUT2D eigenvalue weighted by atomic mass is 9.73. The average molecular weight is 559 g/mol. The number of ketones is 2. The van der Waals surface area contributed by atoms with Gasteiger partial charge in [0.2, 0.25) is 0 Å². The van der Waals surface area contributed by atoms with Gasteiger partial charge in [0, 0.05) is 0 Å². The van der Waals surface area contributed by atoms with Gasteiger partial charge in [-0.1, -0.05) is 53.9 Å². The van der Waals surface area contributed by atoms with Crippen LogP contribution in [-0.2, 0) is 47.7 Å². The van der Waals surface area contributed by atoms with Crippen LogP contribution < -0.4 is 0 Å². The van der Waals surface area contributed by atoms with Gasteiger partial charge in [0.25, 0.3) is 17.2 Å². The van der Waals surface area contributed by atoms with Crippen molar-refractivity contribution in [3.8, 4) is 0 Å². The number of hydrogen-bond donors (Lipinski definition) is 0. The smallest absolute Gasteiger partial charge is 0.465 e. The summed E-state index contributed by atoms with van der Waals surface area (Å²) in [5, 5.41) is 0. The summed E-state index contributed by atoms with van der Waals surface area (Å²) in [6, 6.07) is 0. The first kappa shape index (κ1) is 36.0. The van der Waals surface area contributed by atoms with E-state index in [9.17, 15) is 28.8 Å². The molecule has 0 aromatic rings. The van der Waals surface area contributed by atoms with E-state index in [-0.39, 0.29) is 13.2 Å². The van der Waals surface area contributed by atoms with E-state index >= 15 is 0 Å². The van der Waals surface area contributed by atoms with Crippen LogP contribution in [0.25, 0.3) is 0 Å². The summed E-state index contributed by atoms with van der Waals surface area (Å²) in [7, 11) is 0. The number of carbonyl (C=O) groups is 6. The van der Waals surface area contributed by atoms with Crippen molar-refractivity contribution < 1.29 is 52.5 Å². The third-order valence-electron chi connectivity index (χ3n) is 5.64. The molecule has 0 rings (SSSR count). The van der Waals surface area contributed by atoms with Gasteiger partial charge in [0.05, 0.1) is 19.3 Å². The van der Waals surface area contributed by atoms with Crippen molar-refractivity contribution in [2.45, 2.75) is 118 Å². The lowest BCUT2D eigenvalue weighted by Gasteiger charge is -2.36. The quantitative estimate of drug-likeness (QED) is 0.0816. The van der Waals surface area contributed by atoms with Crippen LogP contribution in [0.5, 0.6) is 0 Å². The predicted molar refractivity (Wildman–Crippen MR) is 141 cm³/mol. The standard InChI is InChI=1S/C28H46O11/c1-10-13-15-17-36-26(34)39-28(21(29)24(32)37-19(6)12-3,22(30)25(33)38-27(7,8)9)20(18(4)5)23(31)35-16-14-11-2/h18-20H,10-17H2,1-9H3. The molecule has 0 spiro atoms. The summed E-state index contributed by atoms with van der Waals surface area (Å²) in [4.78, 5) is 79.8. The largest absolute Gasteiger partial charge is 0.509 e. The molecule has 0 saturated heterocycles. The molecule has 0 bridgehead atoms. The molecular formula is C28H46O11. The maximum atomic E-state index is 13.8. The fourth-order valence-electron chi connectivity index (χ4n) is 3.47. The highest BCUT2D eigenvalue weighted by atomic mass is 16.7. The molecule has 0 aliphatic rings. The molecule has 0 aromatic heterocycles. The van der Waals surface area contributed by atoms with Crippen molar-refractivity contribution in [1.29, 1.82) is 0 Å². The fraction of sp³-hybridized carbons (Fsp3) is 0.786. The van der Waals surface area contributed by atoms with Crippen LogP contribution in [0.15, 0.2) is 0 Å². The molecular weight excluding hydrogens is 512 g/mol. The molecule has 224 valence electrons. The van der Waals surface area contributed by atoms with Crippen LogP contribution in [0.1, 0.15) is 101 Å². The normalized spacial score (nSPS) is 14.4. The monoisotopic (exact) mass is 558 g/mol. The summed E-state index contributed by atoms with van der Waals surface area (Å²) in [5.74, 6) is -10.5. The maximum absolute atomic E-state index is 13.8. The highest BCUT2D eigenvalue weighted by Crippen LogP contribution is 2.35. The average Bonchev–Trinajstić information content (AvgIpc) is 2.83. The van der Waals surface area contributed by atoms with Crippen LogP contribution in [-0.4, -0.2) is 66.1 Å². The number of esters is 3. The van der Waals surface area contributed by atoms with Crippen molar-refractivity contribution in [1.82, 2.24) is 0 Å². The van der Waals surface area contributed by atoms with Gasteiger partial charge in [-0.05, 0) is 52.9 Å². The zero-order valence-electron chi connectivity index (χ0n) is 24.9. The van der Waals surface area contributed by atoms with Gasteiger partial charge in [0.1, 0.15) is 11.5 Å². The molecule has 3 unspecified atom stereocenters. The van der Waals surface area contributed by atoms with Crippen molar-refractivity contribution in [2.75, 3.05) is 13.2 Å². The number of unbranched alkanes of at least 4 members (excludes halogenated alkanes) is 3. The number of hydrogen-bond acceptors (Lipinski definition) is 11. The highest BCUT2D eigenvalue weighted by molar-refractivity contribution is 6.52. The molecule has 11 heteroatoms. The molecule has 0 fully saturated rings. The summed E-state index contributed by atoms with van der Waals surface area (Å²) >= 11 is 0. The molecule has 0 heterocycles. The molecule has 11 nitrogen and oxygen atoms in total. The Balaban J connectivity index is 7.04. The number of Topliss-reactive ketones (excluding diaryl/α,β-unsaturated/α-hetero) is 2. The van der Waals surface area contributed by atoms with Crippen LogP contribution in [0.3, 0.4) is 0 Å². The molecule has 0 aromatic carbocycles. The van der Waals surface area contributed by atoms with E-state index in [4.69, 9.17) is 23.7 Å². The van der Waals surface area contributed by atoms with Crippen molar-refractivity contribution in [2.24, 2.45) is 11.8 Å². The highest BCUT2D eigenvalue weighted by Gasteiger charge is 2.65. The van der Waals surface area contributed by atoms with Crippen molar-refractivity contribution in [3.05, 3.63) is 0 Å². The van der Waals surface area contributed by atoms with Gasteiger partial charge in [-0.25, -0.2) is 14.4 Å². The van der Waals surface area contributed by atoms with Gasteiger partial charge in [0.15, 0.2) is 0 Å². The second kappa shape index (κ2) is 16.9. The van der Waals surface area contributed by atoms with E-state index < -0.39 is 64.8 Å². The Kier molecular flexibility index (Phi) is 15.6. The Morgan fingerprint density at radius 3 is 1.72 bits per heavy atom. The molecule has 0 saturated carbocycles. The number of rotatable bonds is 17. The van der Waals surface area contributed by atoms with E-state index in [1.807, 2.05) is 13.8 Å². The third kappa shape index (κ3) is 11.3. The van der Waals surface area contributed by atoms with E-state index in [1.54, 1.807) is 6.92 Å².